The number of nitrogens with one attached hydrogen (secondary N) is 1. The summed E-state index contributed by atoms with van der Waals surface area (Å²) in [5, 5.41) is 7.14. The fourth-order valence-corrected chi connectivity index (χ4v) is 1.85. The van der Waals surface area contributed by atoms with Gasteiger partial charge in [0.25, 0.3) is 5.56 Å². The largest absolute Gasteiger partial charge is 0.384 e. The predicted molar refractivity (Wildman–Crippen MR) is 72.9 cm³/mol. The van der Waals surface area contributed by atoms with Crippen LogP contribution >= 0.6 is 0 Å². The summed E-state index contributed by atoms with van der Waals surface area (Å²) in [7, 11) is 0. The van der Waals surface area contributed by atoms with Gasteiger partial charge in [-0.15, -0.1) is 0 Å². The van der Waals surface area contributed by atoms with Gasteiger partial charge in [0.2, 0.25) is 0 Å². The summed E-state index contributed by atoms with van der Waals surface area (Å²) >= 11 is 0. The normalized spacial score (nSPS) is 10.5. The van der Waals surface area contributed by atoms with Crippen molar-refractivity contribution in [3.8, 4) is 0 Å². The number of aryl methyl sites for hydroxylation is 1. The van der Waals surface area contributed by atoms with Gasteiger partial charge in [-0.25, -0.2) is 9.07 Å². The third kappa shape index (κ3) is 3.19. The minimum absolute atomic E-state index is 0.179. The maximum atomic E-state index is 13.0. The van der Waals surface area contributed by atoms with Crippen molar-refractivity contribution in [2.24, 2.45) is 0 Å². The zero-order valence-electron chi connectivity index (χ0n) is 11.0. The highest BCUT2D eigenvalue weighted by Crippen LogP contribution is 2.11. The second kappa shape index (κ2) is 5.65. The SMILES string of the molecule is CCNc1cnn(Cc2ccc(F)cc2C)c(=O)c1. The van der Waals surface area contributed by atoms with Crippen molar-refractivity contribution in [2.45, 2.75) is 20.4 Å². The highest BCUT2D eigenvalue weighted by atomic mass is 19.1. The molecule has 0 spiro atoms. The molecule has 4 nitrogen and oxygen atoms in total. The summed E-state index contributed by atoms with van der Waals surface area (Å²) in [6.45, 7) is 4.85. The highest BCUT2D eigenvalue weighted by Gasteiger charge is 2.04. The summed E-state index contributed by atoms with van der Waals surface area (Å²) in [5.74, 6) is -0.274. The van der Waals surface area contributed by atoms with Crippen molar-refractivity contribution >= 4 is 5.69 Å². The Labute approximate surface area is 110 Å². The molecule has 0 bridgehead atoms. The molecule has 2 aromatic rings. The van der Waals surface area contributed by atoms with Crippen LogP contribution in [-0.2, 0) is 6.54 Å². The molecule has 2 rings (SSSR count). The molecule has 1 N–H and O–H groups in total. The van der Waals surface area contributed by atoms with E-state index >= 15 is 0 Å². The average molecular weight is 261 g/mol. The molecule has 0 atom stereocenters. The number of hydrogen-bond acceptors (Lipinski definition) is 3. The van der Waals surface area contributed by atoms with Crippen LogP contribution in [0.3, 0.4) is 0 Å². The van der Waals surface area contributed by atoms with Gasteiger partial charge in [0.05, 0.1) is 18.4 Å². The smallest absolute Gasteiger partial charge is 0.269 e. The standard InChI is InChI=1S/C14H16FN3O/c1-3-16-13-7-14(19)18(17-8-13)9-11-4-5-12(15)6-10(11)2/h4-8,16H,3,9H2,1-2H3. The second-order valence-corrected chi connectivity index (χ2v) is 4.34. The van der Waals surface area contributed by atoms with Crippen molar-refractivity contribution in [3.05, 3.63) is 57.8 Å². The topological polar surface area (TPSA) is 46.9 Å². The van der Waals surface area contributed by atoms with E-state index in [0.29, 0.717) is 12.2 Å². The van der Waals surface area contributed by atoms with Crippen LogP contribution in [0, 0.1) is 12.7 Å². The van der Waals surface area contributed by atoms with Gasteiger partial charge in [-0.05, 0) is 37.1 Å². The molecule has 0 aliphatic carbocycles. The van der Waals surface area contributed by atoms with Gasteiger partial charge in [-0.1, -0.05) is 6.07 Å². The number of benzene rings is 1. The summed E-state index contributed by atoms with van der Waals surface area (Å²) in [5.41, 5.74) is 2.22. The zero-order chi connectivity index (χ0) is 13.8. The molecule has 0 amide bonds. The van der Waals surface area contributed by atoms with Crippen molar-refractivity contribution in [1.29, 1.82) is 0 Å². The number of halogens is 1. The van der Waals surface area contributed by atoms with Gasteiger partial charge in [0.1, 0.15) is 5.82 Å². The Morgan fingerprint density at radius 2 is 2.16 bits per heavy atom. The van der Waals surface area contributed by atoms with E-state index in [9.17, 15) is 9.18 Å². The van der Waals surface area contributed by atoms with E-state index in [1.807, 2.05) is 13.8 Å². The summed E-state index contributed by atoms with van der Waals surface area (Å²) in [4.78, 5) is 11.9. The minimum atomic E-state index is -0.274. The van der Waals surface area contributed by atoms with Gasteiger partial charge >= 0.3 is 0 Å². The van der Waals surface area contributed by atoms with Crippen LogP contribution in [0.25, 0.3) is 0 Å². The van der Waals surface area contributed by atoms with Crippen LogP contribution in [-0.4, -0.2) is 16.3 Å². The molecule has 5 heteroatoms. The van der Waals surface area contributed by atoms with E-state index in [0.717, 1.165) is 17.7 Å². The summed E-state index contributed by atoms with van der Waals surface area (Å²) in [6.07, 6.45) is 1.61. The zero-order valence-corrected chi connectivity index (χ0v) is 11.0. The van der Waals surface area contributed by atoms with E-state index in [-0.39, 0.29) is 11.4 Å². The molecule has 0 aliphatic rings. The van der Waals surface area contributed by atoms with Crippen LogP contribution in [0.4, 0.5) is 10.1 Å². The Balaban J connectivity index is 2.26. The van der Waals surface area contributed by atoms with Crippen LogP contribution < -0.4 is 10.9 Å². The van der Waals surface area contributed by atoms with Crippen molar-refractivity contribution in [2.75, 3.05) is 11.9 Å². The molecule has 1 aromatic carbocycles. The third-order valence-electron chi connectivity index (χ3n) is 2.88. The van der Waals surface area contributed by atoms with Crippen molar-refractivity contribution in [1.82, 2.24) is 9.78 Å². The fourth-order valence-electron chi connectivity index (χ4n) is 1.85. The second-order valence-electron chi connectivity index (χ2n) is 4.34. The van der Waals surface area contributed by atoms with Crippen LogP contribution in [0.15, 0.2) is 35.3 Å². The van der Waals surface area contributed by atoms with Gasteiger partial charge in [-0.3, -0.25) is 4.79 Å². The van der Waals surface area contributed by atoms with E-state index < -0.39 is 0 Å². The Kier molecular flexibility index (Phi) is 3.94. The Morgan fingerprint density at radius 1 is 1.37 bits per heavy atom. The van der Waals surface area contributed by atoms with Crippen LogP contribution in [0.5, 0.6) is 0 Å². The predicted octanol–water partition coefficient (Wildman–Crippen LogP) is 2.17. The van der Waals surface area contributed by atoms with Gasteiger partial charge < -0.3 is 5.32 Å². The minimum Gasteiger partial charge on any atom is -0.384 e. The average Bonchev–Trinajstić information content (AvgIpc) is 2.36. The lowest BCUT2D eigenvalue weighted by Gasteiger charge is -2.09. The molecule has 0 saturated carbocycles. The van der Waals surface area contributed by atoms with Gasteiger partial charge in [-0.2, -0.15) is 5.10 Å². The first-order chi connectivity index (χ1) is 9.10. The molecule has 100 valence electrons. The lowest BCUT2D eigenvalue weighted by atomic mass is 10.1. The van der Waals surface area contributed by atoms with Crippen LogP contribution in [0.1, 0.15) is 18.1 Å². The highest BCUT2D eigenvalue weighted by molar-refractivity contribution is 5.38. The molecule has 0 aliphatic heterocycles. The number of aromatic nitrogens is 2. The Morgan fingerprint density at radius 3 is 2.79 bits per heavy atom. The summed E-state index contributed by atoms with van der Waals surface area (Å²) < 4.78 is 14.4. The lowest BCUT2D eigenvalue weighted by molar-refractivity contribution is 0.616. The fraction of sp³-hybridized carbons (Fsp3) is 0.286. The van der Waals surface area contributed by atoms with E-state index in [1.165, 1.54) is 22.9 Å². The monoisotopic (exact) mass is 261 g/mol. The Bertz CT molecular complexity index is 637. The molecule has 1 heterocycles. The molecule has 0 saturated heterocycles. The quantitative estimate of drug-likeness (QED) is 0.917. The maximum Gasteiger partial charge on any atom is 0.269 e. The first kappa shape index (κ1) is 13.3. The molecule has 0 radical (unpaired) electrons. The van der Waals surface area contributed by atoms with E-state index in [4.69, 9.17) is 0 Å². The Hall–Kier alpha value is -2.17. The molecule has 1 aromatic heterocycles. The van der Waals surface area contributed by atoms with Crippen LogP contribution in [0.2, 0.25) is 0 Å². The molecule has 0 fully saturated rings. The van der Waals surface area contributed by atoms with Gasteiger partial charge in [0.15, 0.2) is 0 Å². The van der Waals surface area contributed by atoms with E-state index in [2.05, 4.69) is 10.4 Å². The first-order valence-electron chi connectivity index (χ1n) is 6.16. The maximum absolute atomic E-state index is 13.0. The molecule has 19 heavy (non-hydrogen) atoms. The molecular weight excluding hydrogens is 245 g/mol. The third-order valence-corrected chi connectivity index (χ3v) is 2.88. The number of nitrogens with zero attached hydrogens (tertiary/aromatic N) is 2. The number of anilines is 1. The molecule has 0 unspecified atom stereocenters. The number of rotatable bonds is 4. The van der Waals surface area contributed by atoms with E-state index in [1.54, 1.807) is 12.3 Å². The molecular formula is C14H16FN3O. The number of hydrogen-bond donors (Lipinski definition) is 1. The summed E-state index contributed by atoms with van der Waals surface area (Å²) in [6, 6.07) is 6.03. The van der Waals surface area contributed by atoms with Crippen molar-refractivity contribution < 1.29 is 4.39 Å². The van der Waals surface area contributed by atoms with Gasteiger partial charge in [0, 0.05) is 12.6 Å². The first-order valence-corrected chi connectivity index (χ1v) is 6.16. The van der Waals surface area contributed by atoms with Crippen molar-refractivity contribution in [3.63, 3.8) is 0 Å². The lowest BCUT2D eigenvalue weighted by Crippen LogP contribution is -2.23.